The van der Waals surface area contributed by atoms with Crippen LogP contribution in [0.25, 0.3) is 0 Å². The SMILES string of the molecule is Cc1cc(Br)c(N2CCCC(NC3CC3)C2=O)c(Br)c1. The van der Waals surface area contributed by atoms with Crippen molar-refractivity contribution in [1.82, 2.24) is 5.32 Å². The van der Waals surface area contributed by atoms with Gasteiger partial charge in [0, 0.05) is 21.5 Å². The molecule has 0 aromatic heterocycles. The number of nitrogens with zero attached hydrogens (tertiary/aromatic N) is 1. The number of halogens is 2. The highest BCUT2D eigenvalue weighted by molar-refractivity contribution is 9.11. The number of rotatable bonds is 3. The number of amides is 1. The zero-order valence-corrected chi connectivity index (χ0v) is 14.6. The van der Waals surface area contributed by atoms with Crippen molar-refractivity contribution in [1.29, 1.82) is 0 Å². The molecule has 108 valence electrons. The molecule has 0 spiro atoms. The Morgan fingerprint density at radius 2 is 1.85 bits per heavy atom. The smallest absolute Gasteiger partial charge is 0.244 e. The molecule has 1 unspecified atom stereocenters. The van der Waals surface area contributed by atoms with Crippen LogP contribution in [0.4, 0.5) is 5.69 Å². The number of benzene rings is 1. The molecule has 2 aliphatic rings. The maximum atomic E-state index is 12.7. The molecule has 5 heteroatoms. The van der Waals surface area contributed by atoms with Gasteiger partial charge >= 0.3 is 0 Å². The van der Waals surface area contributed by atoms with Crippen molar-refractivity contribution >= 4 is 43.5 Å². The Hall–Kier alpha value is -0.390. The fourth-order valence-electron chi connectivity index (χ4n) is 2.74. The van der Waals surface area contributed by atoms with E-state index in [1.165, 1.54) is 18.4 Å². The van der Waals surface area contributed by atoms with Gasteiger partial charge in [-0.3, -0.25) is 4.79 Å². The second-order valence-electron chi connectivity index (χ2n) is 5.70. The first-order valence-corrected chi connectivity index (χ1v) is 8.68. The molecule has 3 nitrogen and oxygen atoms in total. The summed E-state index contributed by atoms with van der Waals surface area (Å²) in [5.74, 6) is 0.202. The van der Waals surface area contributed by atoms with E-state index >= 15 is 0 Å². The number of hydrogen-bond acceptors (Lipinski definition) is 2. The van der Waals surface area contributed by atoms with Gasteiger partial charge in [-0.2, -0.15) is 0 Å². The molecule has 1 saturated carbocycles. The first-order chi connectivity index (χ1) is 9.56. The topological polar surface area (TPSA) is 32.3 Å². The Kier molecular flexibility index (Phi) is 4.20. The summed E-state index contributed by atoms with van der Waals surface area (Å²) in [5, 5.41) is 3.47. The van der Waals surface area contributed by atoms with Gasteiger partial charge in [0.2, 0.25) is 5.91 Å². The van der Waals surface area contributed by atoms with E-state index < -0.39 is 0 Å². The van der Waals surface area contributed by atoms with Crippen molar-refractivity contribution in [2.45, 2.75) is 44.7 Å². The van der Waals surface area contributed by atoms with Crippen LogP contribution in [0, 0.1) is 6.92 Å². The quantitative estimate of drug-likeness (QED) is 0.835. The highest BCUT2D eigenvalue weighted by Crippen LogP contribution is 2.37. The Morgan fingerprint density at radius 3 is 2.45 bits per heavy atom. The van der Waals surface area contributed by atoms with Crippen molar-refractivity contribution in [3.63, 3.8) is 0 Å². The molecular formula is C15H18Br2N2O. The fourth-order valence-corrected chi connectivity index (χ4v) is 4.58. The van der Waals surface area contributed by atoms with E-state index in [1.807, 2.05) is 4.90 Å². The second kappa shape index (κ2) is 5.78. The lowest BCUT2D eigenvalue weighted by atomic mass is 10.0. The molecular weight excluding hydrogens is 384 g/mol. The number of carbonyl (C=O) groups excluding carboxylic acids is 1. The van der Waals surface area contributed by atoms with Gasteiger partial charge in [-0.1, -0.05) is 0 Å². The standard InChI is InChI=1S/C15H18Br2N2O/c1-9-7-11(16)14(12(17)8-9)19-6-2-3-13(15(19)20)18-10-4-5-10/h7-8,10,13,18H,2-6H2,1H3. The molecule has 1 heterocycles. The van der Waals surface area contributed by atoms with E-state index in [1.54, 1.807) is 0 Å². The molecule has 1 atom stereocenters. The van der Waals surface area contributed by atoms with Gasteiger partial charge in [0.1, 0.15) is 0 Å². The third-order valence-electron chi connectivity index (χ3n) is 3.88. The molecule has 1 amide bonds. The van der Waals surface area contributed by atoms with E-state index in [0.29, 0.717) is 6.04 Å². The Balaban J connectivity index is 1.86. The maximum Gasteiger partial charge on any atom is 0.244 e. The maximum absolute atomic E-state index is 12.7. The van der Waals surface area contributed by atoms with Crippen molar-refractivity contribution in [3.05, 3.63) is 26.6 Å². The molecule has 1 aliphatic heterocycles. The Morgan fingerprint density at radius 1 is 1.20 bits per heavy atom. The molecule has 1 saturated heterocycles. The van der Waals surface area contributed by atoms with E-state index in [-0.39, 0.29) is 11.9 Å². The van der Waals surface area contributed by atoms with E-state index in [0.717, 1.165) is 34.0 Å². The minimum absolute atomic E-state index is 0.0173. The summed E-state index contributed by atoms with van der Waals surface area (Å²) in [7, 11) is 0. The average Bonchev–Trinajstić information content (AvgIpc) is 3.16. The third-order valence-corrected chi connectivity index (χ3v) is 5.09. The minimum Gasteiger partial charge on any atom is -0.309 e. The summed E-state index contributed by atoms with van der Waals surface area (Å²) in [6.07, 6.45) is 4.42. The summed E-state index contributed by atoms with van der Waals surface area (Å²) in [5.41, 5.74) is 2.13. The highest BCUT2D eigenvalue weighted by Gasteiger charge is 2.35. The minimum atomic E-state index is -0.0173. The third kappa shape index (κ3) is 2.95. The zero-order chi connectivity index (χ0) is 14.3. The highest BCUT2D eigenvalue weighted by atomic mass is 79.9. The summed E-state index contributed by atoms with van der Waals surface area (Å²) >= 11 is 7.20. The van der Waals surface area contributed by atoms with Crippen molar-refractivity contribution < 1.29 is 4.79 Å². The monoisotopic (exact) mass is 400 g/mol. The number of nitrogens with one attached hydrogen (secondary N) is 1. The molecule has 1 aromatic carbocycles. The predicted molar refractivity (Wildman–Crippen MR) is 88.1 cm³/mol. The summed E-state index contributed by atoms with van der Waals surface area (Å²) in [6.45, 7) is 2.84. The lowest BCUT2D eigenvalue weighted by molar-refractivity contribution is -0.121. The number of hydrogen-bond donors (Lipinski definition) is 1. The van der Waals surface area contributed by atoms with Crippen LogP contribution in [0.3, 0.4) is 0 Å². The first-order valence-electron chi connectivity index (χ1n) is 7.09. The number of anilines is 1. The van der Waals surface area contributed by atoms with E-state index in [9.17, 15) is 4.79 Å². The van der Waals surface area contributed by atoms with Gasteiger partial charge in [-0.25, -0.2) is 0 Å². The fraction of sp³-hybridized carbons (Fsp3) is 0.533. The van der Waals surface area contributed by atoms with Gasteiger partial charge < -0.3 is 10.2 Å². The predicted octanol–water partition coefficient (Wildman–Crippen LogP) is 3.77. The van der Waals surface area contributed by atoms with Gasteiger partial charge in [-0.05, 0) is 82.2 Å². The normalized spacial score (nSPS) is 23.2. The van der Waals surface area contributed by atoms with Crippen LogP contribution in [0.2, 0.25) is 0 Å². The van der Waals surface area contributed by atoms with E-state index in [2.05, 4.69) is 56.2 Å². The molecule has 20 heavy (non-hydrogen) atoms. The van der Waals surface area contributed by atoms with E-state index in [4.69, 9.17) is 0 Å². The Labute approximate surface area is 136 Å². The summed E-state index contributed by atoms with van der Waals surface area (Å²) in [4.78, 5) is 14.6. The number of aryl methyl sites for hydroxylation is 1. The molecule has 1 aliphatic carbocycles. The molecule has 3 rings (SSSR count). The first kappa shape index (κ1) is 14.5. The number of piperidine rings is 1. The van der Waals surface area contributed by atoms with Crippen LogP contribution in [0.5, 0.6) is 0 Å². The van der Waals surface area contributed by atoms with Crippen LogP contribution >= 0.6 is 31.9 Å². The van der Waals surface area contributed by atoms with Crippen LogP contribution in [0.15, 0.2) is 21.1 Å². The van der Waals surface area contributed by atoms with Crippen LogP contribution in [0.1, 0.15) is 31.2 Å². The van der Waals surface area contributed by atoms with Crippen molar-refractivity contribution in [2.75, 3.05) is 11.4 Å². The second-order valence-corrected chi connectivity index (χ2v) is 7.41. The molecule has 2 fully saturated rings. The van der Waals surface area contributed by atoms with Gasteiger partial charge in [0.25, 0.3) is 0 Å². The lowest BCUT2D eigenvalue weighted by Crippen LogP contribution is -2.51. The van der Waals surface area contributed by atoms with Gasteiger partial charge in [0.15, 0.2) is 0 Å². The van der Waals surface area contributed by atoms with Crippen molar-refractivity contribution in [3.8, 4) is 0 Å². The number of carbonyl (C=O) groups is 1. The molecule has 1 aromatic rings. The van der Waals surface area contributed by atoms with Crippen molar-refractivity contribution in [2.24, 2.45) is 0 Å². The van der Waals surface area contributed by atoms with Crippen LogP contribution in [-0.2, 0) is 4.79 Å². The van der Waals surface area contributed by atoms with Crippen LogP contribution in [-0.4, -0.2) is 24.5 Å². The zero-order valence-electron chi connectivity index (χ0n) is 11.5. The molecule has 1 N–H and O–H groups in total. The van der Waals surface area contributed by atoms with Crippen LogP contribution < -0.4 is 10.2 Å². The van der Waals surface area contributed by atoms with Gasteiger partial charge in [-0.15, -0.1) is 0 Å². The Bertz CT molecular complexity index is 520. The summed E-state index contributed by atoms with van der Waals surface area (Å²) in [6, 6.07) is 4.67. The largest absolute Gasteiger partial charge is 0.309 e. The average molecular weight is 402 g/mol. The molecule has 0 radical (unpaired) electrons. The molecule has 0 bridgehead atoms. The lowest BCUT2D eigenvalue weighted by Gasteiger charge is -2.34. The summed E-state index contributed by atoms with van der Waals surface area (Å²) < 4.78 is 1.95. The van der Waals surface area contributed by atoms with Gasteiger partial charge in [0.05, 0.1) is 11.7 Å².